The highest BCUT2D eigenvalue weighted by Crippen LogP contribution is 2.21. The molecule has 76 valence electrons. The van der Waals surface area contributed by atoms with Gasteiger partial charge in [0.15, 0.2) is 6.29 Å². The second-order valence-electron chi connectivity index (χ2n) is 3.12. The van der Waals surface area contributed by atoms with Crippen LogP contribution in [0.1, 0.15) is 6.92 Å². The van der Waals surface area contributed by atoms with E-state index >= 15 is 0 Å². The molecule has 5 nitrogen and oxygen atoms in total. The maximum absolute atomic E-state index is 10.5. The van der Waals surface area contributed by atoms with Crippen LogP contribution in [0.2, 0.25) is 0 Å². The van der Waals surface area contributed by atoms with E-state index < -0.39 is 30.5 Å². The molecule has 1 fully saturated rings. The van der Waals surface area contributed by atoms with Gasteiger partial charge >= 0.3 is 0 Å². The molecule has 0 aromatic rings. The van der Waals surface area contributed by atoms with Crippen LogP contribution in [0, 0.1) is 0 Å². The van der Waals surface area contributed by atoms with Crippen molar-refractivity contribution in [3.05, 3.63) is 0 Å². The normalized spacial score (nSPS) is 46.0. The van der Waals surface area contributed by atoms with E-state index in [1.807, 2.05) is 0 Å². The van der Waals surface area contributed by atoms with Crippen LogP contribution in [0.3, 0.4) is 0 Å². The molecular formula is C8H14O5. The van der Waals surface area contributed by atoms with Crippen LogP contribution in [0.25, 0.3) is 0 Å². The first-order chi connectivity index (χ1) is 6.11. The van der Waals surface area contributed by atoms with E-state index in [1.165, 1.54) is 7.11 Å². The second kappa shape index (κ2) is 4.15. The van der Waals surface area contributed by atoms with E-state index in [1.54, 1.807) is 6.92 Å². The Bertz CT molecular complexity index is 183. The molecule has 0 aromatic carbocycles. The summed E-state index contributed by atoms with van der Waals surface area (Å²) in [6, 6.07) is 0. The average Bonchev–Trinajstić information content (AvgIpc) is 2.12. The predicted octanol–water partition coefficient (Wildman–Crippen LogP) is -1.29. The zero-order chi connectivity index (χ0) is 10.0. The van der Waals surface area contributed by atoms with E-state index in [-0.39, 0.29) is 0 Å². The number of aliphatic hydroxyl groups is 2. The molecule has 1 saturated heterocycles. The molecule has 0 saturated carbocycles. The van der Waals surface area contributed by atoms with Crippen molar-refractivity contribution in [2.24, 2.45) is 0 Å². The van der Waals surface area contributed by atoms with Gasteiger partial charge in [0.2, 0.25) is 0 Å². The number of carbonyl (C=O) groups is 1. The Kier molecular flexibility index (Phi) is 3.38. The highest BCUT2D eigenvalue weighted by molar-refractivity contribution is 5.57. The molecular weight excluding hydrogens is 176 g/mol. The molecule has 0 aromatic heterocycles. The van der Waals surface area contributed by atoms with Gasteiger partial charge in [-0.2, -0.15) is 0 Å². The smallest absolute Gasteiger partial charge is 0.151 e. The van der Waals surface area contributed by atoms with Crippen molar-refractivity contribution in [2.45, 2.75) is 37.4 Å². The highest BCUT2D eigenvalue weighted by Gasteiger charge is 2.42. The Balaban J connectivity index is 2.74. The molecule has 1 aliphatic heterocycles. The van der Waals surface area contributed by atoms with Crippen molar-refractivity contribution in [3.8, 4) is 0 Å². The molecule has 2 N–H and O–H groups in total. The summed E-state index contributed by atoms with van der Waals surface area (Å²) in [5.74, 6) is 0. The fourth-order valence-electron chi connectivity index (χ4n) is 1.46. The summed E-state index contributed by atoms with van der Waals surface area (Å²) in [7, 11) is 1.37. The quantitative estimate of drug-likeness (QED) is 0.530. The van der Waals surface area contributed by atoms with E-state index in [4.69, 9.17) is 9.47 Å². The van der Waals surface area contributed by atoms with Crippen LogP contribution in [0.15, 0.2) is 0 Å². The Morgan fingerprint density at radius 3 is 2.46 bits per heavy atom. The van der Waals surface area contributed by atoms with Gasteiger partial charge in [-0.1, -0.05) is 0 Å². The Hall–Kier alpha value is -0.490. The minimum atomic E-state index is -1.10. The summed E-state index contributed by atoms with van der Waals surface area (Å²) in [4.78, 5) is 10.5. The van der Waals surface area contributed by atoms with E-state index in [9.17, 15) is 15.0 Å². The van der Waals surface area contributed by atoms with Gasteiger partial charge in [0.05, 0.1) is 6.10 Å². The lowest BCUT2D eigenvalue weighted by Gasteiger charge is -2.38. The fourth-order valence-corrected chi connectivity index (χ4v) is 1.46. The van der Waals surface area contributed by atoms with Crippen molar-refractivity contribution < 1.29 is 24.5 Å². The fraction of sp³-hybridized carbons (Fsp3) is 0.875. The van der Waals surface area contributed by atoms with Crippen molar-refractivity contribution in [1.82, 2.24) is 0 Å². The Morgan fingerprint density at radius 1 is 1.38 bits per heavy atom. The first-order valence-electron chi connectivity index (χ1n) is 4.11. The summed E-state index contributed by atoms with van der Waals surface area (Å²) in [5.41, 5.74) is 0. The Labute approximate surface area is 76.3 Å². The standard InChI is InChI=1S/C8H14O5/c1-4-6(10)8(12-2)7(11)5(3-9)13-4/h3-8,10-11H,1-2H3. The molecule has 5 unspecified atom stereocenters. The van der Waals surface area contributed by atoms with Gasteiger partial charge in [0.25, 0.3) is 0 Å². The summed E-state index contributed by atoms with van der Waals surface area (Å²) < 4.78 is 9.92. The van der Waals surface area contributed by atoms with Gasteiger partial charge in [-0.3, -0.25) is 0 Å². The minimum absolute atomic E-state index is 0.511. The number of hydrogen-bond donors (Lipinski definition) is 2. The number of methoxy groups -OCH3 is 1. The van der Waals surface area contributed by atoms with E-state index in [0.717, 1.165) is 0 Å². The van der Waals surface area contributed by atoms with Crippen LogP contribution < -0.4 is 0 Å². The predicted molar refractivity (Wildman–Crippen MR) is 43.2 cm³/mol. The van der Waals surface area contributed by atoms with Crippen molar-refractivity contribution >= 4 is 6.29 Å². The number of ether oxygens (including phenoxy) is 2. The van der Waals surface area contributed by atoms with Crippen LogP contribution in [-0.2, 0) is 14.3 Å². The second-order valence-corrected chi connectivity index (χ2v) is 3.12. The largest absolute Gasteiger partial charge is 0.388 e. The number of aliphatic hydroxyl groups excluding tert-OH is 2. The molecule has 0 bridgehead atoms. The summed E-state index contributed by atoms with van der Waals surface area (Å²) >= 11 is 0. The maximum atomic E-state index is 10.5. The van der Waals surface area contributed by atoms with Gasteiger partial charge in [-0.15, -0.1) is 0 Å². The first-order valence-corrected chi connectivity index (χ1v) is 4.11. The van der Waals surface area contributed by atoms with Crippen LogP contribution >= 0.6 is 0 Å². The third-order valence-electron chi connectivity index (χ3n) is 2.27. The number of carbonyl (C=O) groups excluding carboxylic acids is 1. The lowest BCUT2D eigenvalue weighted by Crippen LogP contribution is -2.57. The summed E-state index contributed by atoms with van der Waals surface area (Å²) in [5, 5.41) is 19.0. The zero-order valence-electron chi connectivity index (χ0n) is 7.58. The van der Waals surface area contributed by atoms with Crippen molar-refractivity contribution in [2.75, 3.05) is 7.11 Å². The molecule has 0 radical (unpaired) electrons. The number of rotatable bonds is 2. The van der Waals surface area contributed by atoms with Gasteiger partial charge in [-0.05, 0) is 6.92 Å². The first kappa shape index (κ1) is 10.6. The SMILES string of the molecule is COC1C(O)C(C)OC(C=O)C1O. The lowest BCUT2D eigenvalue weighted by atomic mass is 9.96. The number of aldehydes is 1. The number of hydrogen-bond acceptors (Lipinski definition) is 5. The molecule has 13 heavy (non-hydrogen) atoms. The molecule has 1 heterocycles. The third-order valence-corrected chi connectivity index (χ3v) is 2.27. The van der Waals surface area contributed by atoms with Crippen molar-refractivity contribution in [1.29, 1.82) is 0 Å². The third kappa shape index (κ3) is 1.88. The van der Waals surface area contributed by atoms with Crippen LogP contribution in [-0.4, -0.2) is 54.1 Å². The average molecular weight is 190 g/mol. The van der Waals surface area contributed by atoms with E-state index in [2.05, 4.69) is 0 Å². The topological polar surface area (TPSA) is 76.0 Å². The molecule has 1 rings (SSSR count). The van der Waals surface area contributed by atoms with E-state index in [0.29, 0.717) is 6.29 Å². The summed E-state index contributed by atoms with van der Waals surface area (Å²) in [6.45, 7) is 1.62. The van der Waals surface area contributed by atoms with Crippen molar-refractivity contribution in [3.63, 3.8) is 0 Å². The highest BCUT2D eigenvalue weighted by atomic mass is 16.6. The van der Waals surface area contributed by atoms with Gasteiger partial charge in [0, 0.05) is 7.11 Å². The zero-order valence-corrected chi connectivity index (χ0v) is 7.58. The minimum Gasteiger partial charge on any atom is -0.388 e. The summed E-state index contributed by atoms with van der Waals surface area (Å²) in [6.07, 6.45) is -3.69. The van der Waals surface area contributed by atoms with Gasteiger partial charge < -0.3 is 24.5 Å². The van der Waals surface area contributed by atoms with Crippen LogP contribution in [0.5, 0.6) is 0 Å². The molecule has 5 atom stereocenters. The maximum Gasteiger partial charge on any atom is 0.151 e. The monoisotopic (exact) mass is 190 g/mol. The van der Waals surface area contributed by atoms with Gasteiger partial charge in [0.1, 0.15) is 24.4 Å². The van der Waals surface area contributed by atoms with Crippen LogP contribution in [0.4, 0.5) is 0 Å². The lowest BCUT2D eigenvalue weighted by molar-refractivity contribution is -0.217. The van der Waals surface area contributed by atoms with Gasteiger partial charge in [-0.25, -0.2) is 0 Å². The molecule has 0 spiro atoms. The molecule has 0 aliphatic carbocycles. The Morgan fingerprint density at radius 2 is 2.00 bits per heavy atom. The molecule has 1 aliphatic rings. The molecule has 5 heteroatoms. The molecule has 0 amide bonds.